The highest BCUT2D eigenvalue weighted by Gasteiger charge is 2.21. The Balaban J connectivity index is 1.73. The Labute approximate surface area is 135 Å². The Morgan fingerprint density at radius 3 is 3.04 bits per heavy atom. The zero-order valence-electron chi connectivity index (χ0n) is 13.6. The number of H-pyrrole nitrogens is 1. The minimum Gasteiger partial charge on any atom is -0.370 e. The first kappa shape index (κ1) is 16.0. The molecule has 2 aromatic rings. The number of amides is 1. The predicted molar refractivity (Wildman–Crippen MR) is 90.1 cm³/mol. The lowest BCUT2D eigenvalue weighted by Crippen LogP contribution is -2.36. The lowest BCUT2D eigenvalue weighted by atomic mass is 10.0. The first-order valence-electron chi connectivity index (χ1n) is 8.20. The number of carbonyl (C=O) groups excluding carboxylic acids is 1. The summed E-state index contributed by atoms with van der Waals surface area (Å²) in [6, 6.07) is 5.15. The maximum absolute atomic E-state index is 12.1. The molecule has 2 heterocycles. The number of carbonyl (C=O) groups is 1. The Kier molecular flexibility index (Phi) is 4.63. The average Bonchev–Trinajstić information content (AvgIpc) is 3.14. The number of anilines is 1. The number of aromatic nitrogens is 2. The molecule has 1 aromatic carbocycles. The maximum Gasteiger partial charge on any atom is 0.241 e. The fourth-order valence-electron chi connectivity index (χ4n) is 2.90. The summed E-state index contributed by atoms with van der Waals surface area (Å²) in [6.07, 6.45) is 2.78. The fourth-order valence-corrected chi connectivity index (χ4v) is 2.90. The molecule has 2 atom stereocenters. The van der Waals surface area contributed by atoms with Crippen LogP contribution in [0.5, 0.6) is 0 Å². The number of benzene rings is 1. The van der Waals surface area contributed by atoms with Gasteiger partial charge in [-0.25, -0.2) is 4.98 Å². The van der Waals surface area contributed by atoms with E-state index in [4.69, 9.17) is 10.5 Å². The quantitative estimate of drug-likeness (QED) is 0.790. The molecule has 0 aliphatic carbocycles. The number of nitrogens with one attached hydrogen (secondary N) is 2. The van der Waals surface area contributed by atoms with Gasteiger partial charge in [0.15, 0.2) is 0 Å². The molecule has 124 valence electrons. The van der Waals surface area contributed by atoms with Crippen molar-refractivity contribution in [2.75, 3.05) is 11.9 Å². The maximum atomic E-state index is 12.1. The van der Waals surface area contributed by atoms with Crippen LogP contribution in [-0.2, 0) is 9.53 Å². The highest BCUT2D eigenvalue weighted by atomic mass is 16.5. The van der Waals surface area contributed by atoms with Crippen molar-refractivity contribution in [1.82, 2.24) is 9.97 Å². The van der Waals surface area contributed by atoms with Gasteiger partial charge < -0.3 is 20.8 Å². The van der Waals surface area contributed by atoms with Gasteiger partial charge in [-0.3, -0.25) is 4.79 Å². The highest BCUT2D eigenvalue weighted by molar-refractivity contribution is 5.96. The SMILES string of the molecule is CC(C)C[C@H](N)C(=O)Nc1ccc2nc(C3CCCO3)[nH]c2c1. The second-order valence-corrected chi connectivity index (χ2v) is 6.58. The molecular weight excluding hydrogens is 292 g/mol. The van der Waals surface area contributed by atoms with Gasteiger partial charge in [0.1, 0.15) is 11.9 Å². The molecule has 0 radical (unpaired) electrons. The molecule has 1 aliphatic heterocycles. The van der Waals surface area contributed by atoms with Gasteiger partial charge in [-0.15, -0.1) is 0 Å². The minimum absolute atomic E-state index is 0.0555. The fraction of sp³-hybridized carbons (Fsp3) is 0.529. The Morgan fingerprint density at radius 2 is 2.35 bits per heavy atom. The minimum atomic E-state index is -0.491. The molecule has 1 fully saturated rings. The van der Waals surface area contributed by atoms with Gasteiger partial charge in [-0.1, -0.05) is 13.8 Å². The zero-order valence-corrected chi connectivity index (χ0v) is 13.6. The summed E-state index contributed by atoms with van der Waals surface area (Å²) in [5.41, 5.74) is 8.41. The highest BCUT2D eigenvalue weighted by Crippen LogP contribution is 2.28. The Morgan fingerprint density at radius 1 is 1.52 bits per heavy atom. The molecule has 6 heteroatoms. The third-order valence-corrected chi connectivity index (χ3v) is 4.06. The van der Waals surface area contributed by atoms with E-state index in [1.807, 2.05) is 18.2 Å². The topological polar surface area (TPSA) is 93.0 Å². The van der Waals surface area contributed by atoms with Crippen molar-refractivity contribution in [2.45, 2.75) is 45.3 Å². The van der Waals surface area contributed by atoms with Gasteiger partial charge in [0.25, 0.3) is 0 Å². The molecule has 4 N–H and O–H groups in total. The lowest BCUT2D eigenvalue weighted by Gasteiger charge is -2.14. The molecule has 3 rings (SSSR count). The van der Waals surface area contributed by atoms with Crippen molar-refractivity contribution in [3.8, 4) is 0 Å². The molecule has 0 bridgehead atoms. The summed E-state index contributed by atoms with van der Waals surface area (Å²) in [7, 11) is 0. The molecule has 1 amide bonds. The van der Waals surface area contributed by atoms with E-state index in [1.54, 1.807) is 0 Å². The molecule has 23 heavy (non-hydrogen) atoms. The molecule has 0 spiro atoms. The number of nitrogens with zero attached hydrogens (tertiary/aromatic N) is 1. The van der Waals surface area contributed by atoms with E-state index < -0.39 is 6.04 Å². The monoisotopic (exact) mass is 316 g/mol. The molecule has 1 aromatic heterocycles. The van der Waals surface area contributed by atoms with Gasteiger partial charge >= 0.3 is 0 Å². The molecule has 6 nitrogen and oxygen atoms in total. The van der Waals surface area contributed by atoms with Gasteiger partial charge in [0.2, 0.25) is 5.91 Å². The lowest BCUT2D eigenvalue weighted by molar-refractivity contribution is -0.117. The Hall–Kier alpha value is -1.92. The number of imidazole rings is 1. The third kappa shape index (κ3) is 3.71. The predicted octanol–water partition coefficient (Wildman–Crippen LogP) is 2.73. The van der Waals surface area contributed by atoms with E-state index in [-0.39, 0.29) is 12.0 Å². The van der Waals surface area contributed by atoms with Crippen molar-refractivity contribution < 1.29 is 9.53 Å². The standard InChI is InChI=1S/C17H24N4O2/c1-10(2)8-12(18)17(22)19-11-5-6-13-14(9-11)21-16(20-13)15-4-3-7-23-15/h5-6,9-10,12,15H,3-4,7-8,18H2,1-2H3,(H,19,22)(H,20,21)/t12-,15?/m0/s1. The number of fused-ring (bicyclic) bond motifs is 1. The van der Waals surface area contributed by atoms with Crippen LogP contribution in [0.4, 0.5) is 5.69 Å². The average molecular weight is 316 g/mol. The first-order chi connectivity index (χ1) is 11.0. The zero-order chi connectivity index (χ0) is 16.4. The summed E-state index contributed by atoms with van der Waals surface area (Å²) in [6.45, 7) is 4.89. The van der Waals surface area contributed by atoms with Crippen LogP contribution in [0.2, 0.25) is 0 Å². The summed E-state index contributed by atoms with van der Waals surface area (Å²) >= 11 is 0. The summed E-state index contributed by atoms with van der Waals surface area (Å²) in [5, 5.41) is 2.88. The van der Waals surface area contributed by atoms with Crippen molar-refractivity contribution in [3.05, 3.63) is 24.0 Å². The summed E-state index contributed by atoms with van der Waals surface area (Å²) in [4.78, 5) is 20.0. The third-order valence-electron chi connectivity index (χ3n) is 4.06. The summed E-state index contributed by atoms with van der Waals surface area (Å²) < 4.78 is 5.65. The van der Waals surface area contributed by atoms with Crippen molar-refractivity contribution in [3.63, 3.8) is 0 Å². The first-order valence-corrected chi connectivity index (χ1v) is 8.20. The van der Waals surface area contributed by atoms with Crippen LogP contribution in [-0.4, -0.2) is 28.5 Å². The van der Waals surface area contributed by atoms with E-state index >= 15 is 0 Å². The second-order valence-electron chi connectivity index (χ2n) is 6.58. The van der Waals surface area contributed by atoms with E-state index in [9.17, 15) is 4.79 Å². The molecule has 1 aliphatic rings. The van der Waals surface area contributed by atoms with Gasteiger partial charge in [0, 0.05) is 12.3 Å². The number of aromatic amines is 1. The van der Waals surface area contributed by atoms with Crippen LogP contribution in [0.15, 0.2) is 18.2 Å². The smallest absolute Gasteiger partial charge is 0.241 e. The molecule has 1 saturated heterocycles. The van der Waals surface area contributed by atoms with E-state index in [1.165, 1.54) is 0 Å². The number of rotatable bonds is 5. The molecule has 0 saturated carbocycles. The number of nitrogens with two attached hydrogens (primary N) is 1. The van der Waals surface area contributed by atoms with E-state index in [0.717, 1.165) is 42.0 Å². The van der Waals surface area contributed by atoms with E-state index in [0.29, 0.717) is 12.3 Å². The van der Waals surface area contributed by atoms with E-state index in [2.05, 4.69) is 29.1 Å². The van der Waals surface area contributed by atoms with Gasteiger partial charge in [-0.05, 0) is 43.4 Å². The van der Waals surface area contributed by atoms with Crippen molar-refractivity contribution >= 4 is 22.6 Å². The van der Waals surface area contributed by atoms with Crippen molar-refractivity contribution in [1.29, 1.82) is 0 Å². The van der Waals surface area contributed by atoms with Crippen LogP contribution in [0.1, 0.15) is 45.0 Å². The van der Waals surface area contributed by atoms with Crippen LogP contribution in [0, 0.1) is 5.92 Å². The number of hydrogen-bond donors (Lipinski definition) is 3. The van der Waals surface area contributed by atoms with Crippen LogP contribution in [0.25, 0.3) is 11.0 Å². The van der Waals surface area contributed by atoms with Crippen LogP contribution < -0.4 is 11.1 Å². The second kappa shape index (κ2) is 6.68. The van der Waals surface area contributed by atoms with Crippen LogP contribution >= 0.6 is 0 Å². The number of hydrogen-bond acceptors (Lipinski definition) is 4. The van der Waals surface area contributed by atoms with Gasteiger partial charge in [0.05, 0.1) is 17.1 Å². The van der Waals surface area contributed by atoms with Crippen LogP contribution in [0.3, 0.4) is 0 Å². The largest absolute Gasteiger partial charge is 0.370 e. The number of ether oxygens (including phenoxy) is 1. The summed E-state index contributed by atoms with van der Waals surface area (Å²) in [5.74, 6) is 1.09. The Bertz CT molecular complexity index is 689. The van der Waals surface area contributed by atoms with Crippen molar-refractivity contribution in [2.24, 2.45) is 11.7 Å². The molecular formula is C17H24N4O2. The normalized spacial score (nSPS) is 19.4. The molecule has 1 unspecified atom stereocenters. The van der Waals surface area contributed by atoms with Gasteiger partial charge in [-0.2, -0.15) is 0 Å².